The first kappa shape index (κ1) is 18.5. The van der Waals surface area contributed by atoms with Crippen LogP contribution in [0.5, 0.6) is 0 Å². The van der Waals surface area contributed by atoms with Gasteiger partial charge >= 0.3 is 0 Å². The van der Waals surface area contributed by atoms with Crippen LogP contribution in [0.2, 0.25) is 0 Å². The molecule has 0 aliphatic heterocycles. The fourth-order valence-corrected chi connectivity index (χ4v) is 6.69. The Kier molecular flexibility index (Phi) is 3.69. The molecule has 4 aliphatic carbocycles. The van der Waals surface area contributed by atoms with Gasteiger partial charge < -0.3 is 5.11 Å². The monoisotopic (exact) mass is 370 g/mol. The lowest BCUT2D eigenvalue weighted by Crippen LogP contribution is -2.56. The van der Waals surface area contributed by atoms with Gasteiger partial charge in [-0.05, 0) is 68.1 Å². The number of hydrogen-bond donors (Lipinski definition) is 1. The molecule has 0 bridgehead atoms. The molecule has 4 heteroatoms. The minimum Gasteiger partial charge on any atom is -0.382 e. The highest BCUT2D eigenvalue weighted by atomic mass is 19.1. The Labute approximate surface area is 159 Å². The number of ketones is 2. The largest absolute Gasteiger partial charge is 0.382 e. The second-order valence-electron chi connectivity index (χ2n) is 9.30. The molecule has 3 nitrogen and oxygen atoms in total. The number of Topliss-reactive ketones (excluding diaryl/α,β-unsaturated/α-hetero) is 1. The van der Waals surface area contributed by atoms with E-state index in [2.05, 4.69) is 13.2 Å². The molecule has 27 heavy (non-hydrogen) atoms. The van der Waals surface area contributed by atoms with Gasteiger partial charge in [0.05, 0.1) is 0 Å². The zero-order chi connectivity index (χ0) is 19.9. The van der Waals surface area contributed by atoms with E-state index < -0.39 is 16.4 Å². The summed E-state index contributed by atoms with van der Waals surface area (Å²) in [7, 11) is 0. The van der Waals surface area contributed by atoms with Crippen molar-refractivity contribution in [1.29, 1.82) is 0 Å². The van der Waals surface area contributed by atoms with Crippen molar-refractivity contribution in [3.8, 4) is 0 Å². The first-order valence-electron chi connectivity index (χ1n) is 9.74. The van der Waals surface area contributed by atoms with E-state index in [1.807, 2.05) is 13.8 Å². The third-order valence-corrected chi connectivity index (χ3v) is 8.53. The van der Waals surface area contributed by atoms with Crippen molar-refractivity contribution in [3.05, 3.63) is 47.9 Å². The Hall–Kier alpha value is -1.81. The SMILES string of the molecule is C=C1C(=C)[C@@]2(C)C(=CC1=O)C(F)=C[C@@H]1[C@@H]2CC[C@@]2(C)[C@H]1CC[C@]2(O)C(C)=O. The minimum atomic E-state index is -1.34. The van der Waals surface area contributed by atoms with Crippen LogP contribution in [0.4, 0.5) is 4.39 Å². The maximum absolute atomic E-state index is 15.2. The van der Waals surface area contributed by atoms with Gasteiger partial charge in [-0.1, -0.05) is 27.0 Å². The predicted octanol–water partition coefficient (Wildman–Crippen LogP) is 4.24. The first-order chi connectivity index (χ1) is 12.5. The predicted molar refractivity (Wildman–Crippen MR) is 101 cm³/mol. The van der Waals surface area contributed by atoms with Crippen LogP contribution in [0, 0.1) is 28.6 Å². The van der Waals surface area contributed by atoms with E-state index in [-0.39, 0.29) is 35.1 Å². The minimum absolute atomic E-state index is 0.0213. The molecule has 4 rings (SSSR count). The summed E-state index contributed by atoms with van der Waals surface area (Å²) in [5.41, 5.74) is -1.20. The van der Waals surface area contributed by atoms with Gasteiger partial charge in [-0.3, -0.25) is 9.59 Å². The molecule has 0 aromatic rings. The second-order valence-corrected chi connectivity index (χ2v) is 9.30. The molecule has 4 aliphatic rings. The van der Waals surface area contributed by atoms with Crippen LogP contribution in [0.25, 0.3) is 0 Å². The fourth-order valence-electron chi connectivity index (χ4n) is 6.69. The smallest absolute Gasteiger partial charge is 0.185 e. The Morgan fingerprint density at radius 1 is 1.22 bits per heavy atom. The maximum atomic E-state index is 15.2. The van der Waals surface area contributed by atoms with E-state index >= 15 is 4.39 Å². The van der Waals surface area contributed by atoms with E-state index in [0.29, 0.717) is 36.0 Å². The van der Waals surface area contributed by atoms with E-state index in [0.717, 1.165) is 6.42 Å². The molecule has 0 amide bonds. The van der Waals surface area contributed by atoms with Gasteiger partial charge in [-0.15, -0.1) is 0 Å². The van der Waals surface area contributed by atoms with Gasteiger partial charge in [0.15, 0.2) is 11.6 Å². The van der Waals surface area contributed by atoms with Crippen LogP contribution < -0.4 is 0 Å². The van der Waals surface area contributed by atoms with Crippen LogP contribution >= 0.6 is 0 Å². The maximum Gasteiger partial charge on any atom is 0.185 e. The van der Waals surface area contributed by atoms with Crippen molar-refractivity contribution in [2.45, 2.75) is 52.1 Å². The number of fused-ring (bicyclic) bond motifs is 5. The summed E-state index contributed by atoms with van der Waals surface area (Å²) in [5.74, 6) is -0.845. The Balaban J connectivity index is 1.86. The average Bonchev–Trinajstić information content (AvgIpc) is 2.89. The topological polar surface area (TPSA) is 54.4 Å². The third-order valence-electron chi connectivity index (χ3n) is 8.53. The van der Waals surface area contributed by atoms with E-state index in [9.17, 15) is 14.7 Å². The summed E-state index contributed by atoms with van der Waals surface area (Å²) in [4.78, 5) is 24.5. The van der Waals surface area contributed by atoms with Gasteiger partial charge in [0.25, 0.3) is 0 Å². The molecule has 0 aromatic heterocycles. The first-order valence-corrected chi connectivity index (χ1v) is 9.74. The molecule has 2 saturated carbocycles. The number of rotatable bonds is 1. The molecule has 0 heterocycles. The summed E-state index contributed by atoms with van der Waals surface area (Å²) < 4.78 is 15.2. The zero-order valence-electron chi connectivity index (χ0n) is 16.3. The number of allylic oxidation sites excluding steroid dienone is 6. The molecule has 0 saturated heterocycles. The van der Waals surface area contributed by atoms with Crippen LogP contribution in [0.15, 0.2) is 47.9 Å². The highest BCUT2D eigenvalue weighted by Gasteiger charge is 2.66. The number of carbonyl (C=O) groups is 2. The van der Waals surface area contributed by atoms with E-state index in [1.54, 1.807) is 6.08 Å². The van der Waals surface area contributed by atoms with Crippen LogP contribution in [-0.4, -0.2) is 22.3 Å². The number of halogens is 1. The average molecular weight is 370 g/mol. The third kappa shape index (κ3) is 2.00. The quantitative estimate of drug-likeness (QED) is 0.702. The van der Waals surface area contributed by atoms with Crippen molar-refractivity contribution in [1.82, 2.24) is 0 Å². The van der Waals surface area contributed by atoms with Gasteiger partial charge in [0.1, 0.15) is 11.4 Å². The van der Waals surface area contributed by atoms with Gasteiger partial charge in [0.2, 0.25) is 0 Å². The molecule has 6 atom stereocenters. The van der Waals surface area contributed by atoms with Crippen molar-refractivity contribution in [2.75, 3.05) is 0 Å². The van der Waals surface area contributed by atoms with Gasteiger partial charge in [-0.25, -0.2) is 4.39 Å². The van der Waals surface area contributed by atoms with Crippen molar-refractivity contribution in [3.63, 3.8) is 0 Å². The molecule has 0 spiro atoms. The molecule has 2 fully saturated rings. The Morgan fingerprint density at radius 2 is 1.85 bits per heavy atom. The molecular weight excluding hydrogens is 343 g/mol. The second kappa shape index (κ2) is 5.38. The summed E-state index contributed by atoms with van der Waals surface area (Å²) in [6.45, 7) is 13.4. The number of hydrogen-bond acceptors (Lipinski definition) is 3. The molecule has 0 radical (unpaired) electrons. The van der Waals surface area contributed by atoms with Crippen molar-refractivity contribution < 1.29 is 19.1 Å². The molecule has 0 unspecified atom stereocenters. The molecule has 1 N–H and O–H groups in total. The van der Waals surface area contributed by atoms with Crippen molar-refractivity contribution in [2.24, 2.45) is 28.6 Å². The summed E-state index contributed by atoms with van der Waals surface area (Å²) in [6.07, 6.45) is 5.58. The summed E-state index contributed by atoms with van der Waals surface area (Å²) in [6, 6.07) is 0. The molecule has 144 valence electrons. The summed E-state index contributed by atoms with van der Waals surface area (Å²) in [5, 5.41) is 11.2. The Bertz CT molecular complexity index is 865. The molecule has 0 aromatic carbocycles. The van der Waals surface area contributed by atoms with Crippen LogP contribution in [-0.2, 0) is 9.59 Å². The summed E-state index contributed by atoms with van der Waals surface area (Å²) >= 11 is 0. The number of carbonyl (C=O) groups excluding carboxylic acids is 2. The van der Waals surface area contributed by atoms with Crippen LogP contribution in [0.1, 0.15) is 46.5 Å². The van der Waals surface area contributed by atoms with E-state index in [4.69, 9.17) is 0 Å². The lowest BCUT2D eigenvalue weighted by Gasteiger charge is -2.57. The normalized spacial score (nSPS) is 46.3. The zero-order valence-corrected chi connectivity index (χ0v) is 16.3. The molecular formula is C23H27FO3. The standard InChI is InChI=1S/C23H27FO3/c1-12-13(2)22(5)17-6-8-21(4)16(7-9-23(21,27)14(3)25)15(17)10-19(24)18(22)11-20(12)26/h10-11,15-17,27H,1-2,6-9H2,3-5H3/t15-,16-,17-,21-,22+,23-/m0/s1. The van der Waals surface area contributed by atoms with E-state index in [1.165, 1.54) is 13.0 Å². The highest BCUT2D eigenvalue weighted by molar-refractivity contribution is 6.09. The highest BCUT2D eigenvalue weighted by Crippen LogP contribution is 2.68. The lowest BCUT2D eigenvalue weighted by molar-refractivity contribution is -0.156. The van der Waals surface area contributed by atoms with Crippen LogP contribution in [0.3, 0.4) is 0 Å². The lowest BCUT2D eigenvalue weighted by atomic mass is 9.46. The Morgan fingerprint density at radius 3 is 2.48 bits per heavy atom. The number of aliphatic hydroxyl groups is 1. The van der Waals surface area contributed by atoms with Gasteiger partial charge in [-0.2, -0.15) is 0 Å². The van der Waals surface area contributed by atoms with Crippen molar-refractivity contribution >= 4 is 11.6 Å². The van der Waals surface area contributed by atoms with Gasteiger partial charge in [0, 0.05) is 22.0 Å². The fraction of sp³-hybridized carbons (Fsp3) is 0.565.